The van der Waals surface area contributed by atoms with E-state index in [9.17, 15) is 0 Å². The molecule has 36 heavy (non-hydrogen) atoms. The number of para-hydroxylation sites is 1. The van der Waals surface area contributed by atoms with Gasteiger partial charge in [-0.3, -0.25) is 9.88 Å². The van der Waals surface area contributed by atoms with Gasteiger partial charge in [0, 0.05) is 19.3 Å². The summed E-state index contributed by atoms with van der Waals surface area (Å²) in [4.78, 5) is 9.80. The number of rotatable bonds is 13. The van der Waals surface area contributed by atoms with Crippen molar-refractivity contribution in [2.45, 2.75) is 64.5 Å². The Hall–Kier alpha value is -2.69. The number of methoxy groups -OCH3 is 1. The van der Waals surface area contributed by atoms with Gasteiger partial charge in [0.2, 0.25) is 0 Å². The number of nitrogens with zero attached hydrogens (tertiary/aromatic N) is 3. The summed E-state index contributed by atoms with van der Waals surface area (Å²) >= 11 is 0. The maximum atomic E-state index is 5.60. The van der Waals surface area contributed by atoms with Crippen LogP contribution in [0.1, 0.15) is 66.8 Å². The SMILES string of the molecule is COc1ccccc1C1CCN(CCCCCCN(Cc2ccccn2)Cc2ccccc2C)CC1. The first kappa shape index (κ1) is 26.4. The Morgan fingerprint density at radius 3 is 2.39 bits per heavy atom. The van der Waals surface area contributed by atoms with E-state index in [1.54, 1.807) is 7.11 Å². The van der Waals surface area contributed by atoms with Gasteiger partial charge >= 0.3 is 0 Å². The summed E-state index contributed by atoms with van der Waals surface area (Å²) in [6.07, 6.45) is 9.54. The lowest BCUT2D eigenvalue weighted by Crippen LogP contribution is -2.33. The van der Waals surface area contributed by atoms with Crippen LogP contribution in [0.2, 0.25) is 0 Å². The number of unbranched alkanes of at least 4 members (excludes halogenated alkanes) is 3. The molecule has 3 aromatic rings. The molecule has 0 saturated carbocycles. The van der Waals surface area contributed by atoms with E-state index in [0.29, 0.717) is 5.92 Å². The molecule has 4 rings (SSSR count). The fourth-order valence-corrected chi connectivity index (χ4v) is 5.46. The molecule has 2 aromatic carbocycles. The molecule has 0 amide bonds. The van der Waals surface area contributed by atoms with Crippen LogP contribution >= 0.6 is 0 Å². The maximum absolute atomic E-state index is 5.60. The second-order valence-corrected chi connectivity index (χ2v) is 10.2. The van der Waals surface area contributed by atoms with Gasteiger partial charge in [0.05, 0.1) is 12.8 Å². The van der Waals surface area contributed by atoms with Gasteiger partial charge in [-0.15, -0.1) is 0 Å². The predicted octanol–water partition coefficient (Wildman–Crippen LogP) is 6.84. The second kappa shape index (κ2) is 14.2. The van der Waals surface area contributed by atoms with E-state index in [2.05, 4.69) is 82.4 Å². The van der Waals surface area contributed by atoms with Crippen LogP contribution in [-0.4, -0.2) is 48.1 Å². The van der Waals surface area contributed by atoms with Crippen molar-refractivity contribution in [1.82, 2.24) is 14.8 Å². The number of aromatic nitrogens is 1. The highest BCUT2D eigenvalue weighted by atomic mass is 16.5. The number of piperidine rings is 1. The number of hydrogen-bond donors (Lipinski definition) is 0. The van der Waals surface area contributed by atoms with E-state index in [0.717, 1.165) is 31.1 Å². The normalized spacial score (nSPS) is 14.9. The van der Waals surface area contributed by atoms with Crippen molar-refractivity contribution in [1.29, 1.82) is 0 Å². The van der Waals surface area contributed by atoms with Crippen LogP contribution in [0.5, 0.6) is 5.75 Å². The number of hydrogen-bond acceptors (Lipinski definition) is 4. The lowest BCUT2D eigenvalue weighted by Gasteiger charge is -2.32. The third-order valence-electron chi connectivity index (χ3n) is 7.63. The highest BCUT2D eigenvalue weighted by Crippen LogP contribution is 2.34. The quantitative estimate of drug-likeness (QED) is 0.248. The van der Waals surface area contributed by atoms with Crippen LogP contribution < -0.4 is 4.74 Å². The first-order chi connectivity index (χ1) is 17.7. The highest BCUT2D eigenvalue weighted by molar-refractivity contribution is 5.36. The predicted molar refractivity (Wildman–Crippen MR) is 149 cm³/mol. The van der Waals surface area contributed by atoms with Crippen molar-refractivity contribution in [2.75, 3.05) is 33.3 Å². The van der Waals surface area contributed by atoms with Gasteiger partial charge in [0.1, 0.15) is 5.75 Å². The largest absolute Gasteiger partial charge is 0.496 e. The number of ether oxygens (including phenoxy) is 1. The molecule has 0 radical (unpaired) electrons. The molecule has 0 spiro atoms. The number of likely N-dealkylation sites (tertiary alicyclic amines) is 1. The van der Waals surface area contributed by atoms with E-state index in [1.165, 1.54) is 74.8 Å². The van der Waals surface area contributed by atoms with Crippen LogP contribution in [0.3, 0.4) is 0 Å². The van der Waals surface area contributed by atoms with Crippen molar-refractivity contribution >= 4 is 0 Å². The Kier molecular flexibility index (Phi) is 10.4. The zero-order chi connectivity index (χ0) is 25.0. The maximum Gasteiger partial charge on any atom is 0.122 e. The molecule has 1 aliphatic rings. The second-order valence-electron chi connectivity index (χ2n) is 10.2. The molecule has 0 bridgehead atoms. The zero-order valence-corrected chi connectivity index (χ0v) is 22.2. The minimum absolute atomic E-state index is 0.635. The van der Waals surface area contributed by atoms with Crippen LogP contribution in [-0.2, 0) is 13.1 Å². The standard InChI is InChI=1S/C32H43N3O/c1-27-13-5-6-14-29(27)25-35(26-30-15-9-10-20-33-30)22-12-4-3-11-21-34-23-18-28(19-24-34)31-16-7-8-17-32(31)36-2/h5-10,13-17,20,28H,3-4,11-12,18-19,21-26H2,1-2H3. The van der Waals surface area contributed by atoms with Gasteiger partial charge in [0.15, 0.2) is 0 Å². The summed E-state index contributed by atoms with van der Waals surface area (Å²) in [5, 5.41) is 0. The molecule has 4 heteroatoms. The fourth-order valence-electron chi connectivity index (χ4n) is 5.46. The molecule has 0 unspecified atom stereocenters. The summed E-state index contributed by atoms with van der Waals surface area (Å²) in [6.45, 7) is 8.89. The highest BCUT2D eigenvalue weighted by Gasteiger charge is 2.22. The van der Waals surface area contributed by atoms with Gasteiger partial charge in [-0.25, -0.2) is 0 Å². The van der Waals surface area contributed by atoms with Gasteiger partial charge in [-0.2, -0.15) is 0 Å². The molecule has 0 atom stereocenters. The molecule has 2 heterocycles. The third kappa shape index (κ3) is 7.91. The van der Waals surface area contributed by atoms with Crippen LogP contribution in [0.4, 0.5) is 0 Å². The molecule has 1 fully saturated rings. The zero-order valence-electron chi connectivity index (χ0n) is 22.2. The molecule has 1 saturated heterocycles. The molecular weight excluding hydrogens is 442 g/mol. The summed E-state index contributed by atoms with van der Waals surface area (Å²) in [5.74, 6) is 1.69. The first-order valence-corrected chi connectivity index (χ1v) is 13.7. The van der Waals surface area contributed by atoms with Crippen molar-refractivity contribution in [3.63, 3.8) is 0 Å². The third-order valence-corrected chi connectivity index (χ3v) is 7.63. The van der Waals surface area contributed by atoms with E-state index in [1.807, 2.05) is 12.3 Å². The molecule has 1 aromatic heterocycles. The van der Waals surface area contributed by atoms with E-state index >= 15 is 0 Å². The number of aryl methyl sites for hydroxylation is 1. The average molecular weight is 486 g/mol. The van der Waals surface area contributed by atoms with Gasteiger partial charge in [-0.1, -0.05) is 61.4 Å². The molecule has 0 aliphatic carbocycles. The van der Waals surface area contributed by atoms with Crippen LogP contribution in [0, 0.1) is 6.92 Å². The summed E-state index contributed by atoms with van der Waals surface area (Å²) < 4.78 is 5.60. The summed E-state index contributed by atoms with van der Waals surface area (Å²) in [5.41, 5.74) is 5.34. The van der Waals surface area contributed by atoms with Gasteiger partial charge < -0.3 is 9.64 Å². The summed E-state index contributed by atoms with van der Waals surface area (Å²) in [7, 11) is 1.79. The fraction of sp³-hybridized carbons (Fsp3) is 0.469. The molecule has 1 aliphatic heterocycles. The Morgan fingerprint density at radius 1 is 0.861 bits per heavy atom. The monoisotopic (exact) mass is 485 g/mol. The van der Waals surface area contributed by atoms with Crippen molar-refractivity contribution in [3.05, 3.63) is 95.3 Å². The Labute approximate surface area is 218 Å². The average Bonchev–Trinajstić information content (AvgIpc) is 2.92. The van der Waals surface area contributed by atoms with Crippen molar-refractivity contribution < 1.29 is 4.74 Å². The van der Waals surface area contributed by atoms with Crippen LogP contribution in [0.25, 0.3) is 0 Å². The Morgan fingerprint density at radius 2 is 1.61 bits per heavy atom. The Balaban J connectivity index is 1.16. The summed E-state index contributed by atoms with van der Waals surface area (Å²) in [6, 6.07) is 23.5. The van der Waals surface area contributed by atoms with Crippen molar-refractivity contribution in [3.8, 4) is 5.75 Å². The molecular formula is C32H43N3O. The van der Waals surface area contributed by atoms with E-state index in [4.69, 9.17) is 4.74 Å². The van der Waals surface area contributed by atoms with E-state index in [-0.39, 0.29) is 0 Å². The molecule has 192 valence electrons. The number of benzene rings is 2. The van der Waals surface area contributed by atoms with E-state index < -0.39 is 0 Å². The lowest BCUT2D eigenvalue weighted by molar-refractivity contribution is 0.205. The minimum atomic E-state index is 0.635. The smallest absolute Gasteiger partial charge is 0.122 e. The molecule has 0 N–H and O–H groups in total. The number of pyridine rings is 1. The van der Waals surface area contributed by atoms with Crippen molar-refractivity contribution in [2.24, 2.45) is 0 Å². The topological polar surface area (TPSA) is 28.6 Å². The van der Waals surface area contributed by atoms with Gasteiger partial charge in [-0.05, 0) is 99.6 Å². The minimum Gasteiger partial charge on any atom is -0.496 e. The van der Waals surface area contributed by atoms with Gasteiger partial charge in [0.25, 0.3) is 0 Å². The van der Waals surface area contributed by atoms with Crippen LogP contribution in [0.15, 0.2) is 72.9 Å². The lowest BCUT2D eigenvalue weighted by atomic mass is 9.88. The molecule has 4 nitrogen and oxygen atoms in total. The first-order valence-electron chi connectivity index (χ1n) is 13.7. The Bertz CT molecular complexity index is 1030.